The van der Waals surface area contributed by atoms with Gasteiger partial charge in [0, 0.05) is 11.4 Å². The van der Waals surface area contributed by atoms with E-state index in [0.29, 0.717) is 11.5 Å². The molecular weight excluding hydrogens is 574 g/mol. The number of hydrogen-bond donors (Lipinski definition) is 0. The lowest BCUT2D eigenvalue weighted by molar-refractivity contribution is 0.440. The number of para-hydroxylation sites is 2. The van der Waals surface area contributed by atoms with E-state index in [-0.39, 0.29) is 0 Å². The lowest BCUT2D eigenvalue weighted by Crippen LogP contribution is -2.11. The van der Waals surface area contributed by atoms with Gasteiger partial charge in [0.15, 0.2) is 11.5 Å². The van der Waals surface area contributed by atoms with E-state index in [0.717, 1.165) is 44.9 Å². The molecule has 0 bridgehead atoms. The van der Waals surface area contributed by atoms with Crippen LogP contribution in [0.15, 0.2) is 176 Å². The van der Waals surface area contributed by atoms with Gasteiger partial charge in [0.25, 0.3) is 0 Å². The molecule has 0 atom stereocenters. The number of anilines is 3. The maximum absolute atomic E-state index is 6.75. The zero-order chi connectivity index (χ0) is 31.2. The molecule has 0 aliphatic carbocycles. The number of hydrogen-bond acceptors (Lipinski definition) is 3. The first-order chi connectivity index (χ1) is 23.3. The van der Waals surface area contributed by atoms with Gasteiger partial charge < -0.3 is 14.4 Å². The van der Waals surface area contributed by atoms with Crippen molar-refractivity contribution in [2.24, 2.45) is 0 Å². The van der Waals surface area contributed by atoms with Crippen molar-refractivity contribution in [3.63, 3.8) is 0 Å². The van der Waals surface area contributed by atoms with E-state index in [1.165, 1.54) is 27.5 Å². The van der Waals surface area contributed by atoms with Gasteiger partial charge in [0.05, 0.1) is 11.1 Å². The molecule has 1 aliphatic heterocycles. The Morgan fingerprint density at radius 2 is 0.894 bits per heavy atom. The summed E-state index contributed by atoms with van der Waals surface area (Å²) in [7, 11) is 0. The molecule has 0 saturated heterocycles. The molecule has 9 rings (SSSR count). The third-order valence-electron chi connectivity index (χ3n) is 8.92. The summed E-state index contributed by atoms with van der Waals surface area (Å²) < 4.78 is 13.3. The minimum Gasteiger partial charge on any atom is -0.453 e. The van der Waals surface area contributed by atoms with Gasteiger partial charge in [-0.15, -0.1) is 0 Å². The summed E-state index contributed by atoms with van der Waals surface area (Å²) in [5.41, 5.74) is 7.75. The van der Waals surface area contributed by atoms with Crippen LogP contribution in [0.5, 0.6) is 23.0 Å². The van der Waals surface area contributed by atoms with Crippen LogP contribution in [-0.4, -0.2) is 0 Å². The monoisotopic (exact) mass is 603 g/mol. The van der Waals surface area contributed by atoms with Crippen molar-refractivity contribution in [1.82, 2.24) is 0 Å². The fraction of sp³-hybridized carbons (Fsp3) is 0. The van der Waals surface area contributed by atoms with Gasteiger partial charge >= 0.3 is 0 Å². The number of rotatable bonds is 5. The molecule has 8 aromatic carbocycles. The van der Waals surface area contributed by atoms with Crippen molar-refractivity contribution in [2.45, 2.75) is 0 Å². The Hall–Kier alpha value is -6.32. The Morgan fingerprint density at radius 3 is 1.57 bits per heavy atom. The van der Waals surface area contributed by atoms with Crippen molar-refractivity contribution < 1.29 is 9.47 Å². The molecule has 3 heteroatoms. The van der Waals surface area contributed by atoms with Gasteiger partial charge in [0.1, 0.15) is 11.5 Å². The van der Waals surface area contributed by atoms with Gasteiger partial charge in [-0.3, -0.25) is 0 Å². The second-order valence-corrected chi connectivity index (χ2v) is 11.7. The Morgan fingerprint density at radius 1 is 0.362 bits per heavy atom. The molecule has 0 unspecified atom stereocenters. The predicted octanol–water partition coefficient (Wildman–Crippen LogP) is 12.7. The Labute approximate surface area is 273 Å². The minimum absolute atomic E-state index is 0.673. The molecule has 8 aromatic rings. The van der Waals surface area contributed by atoms with Crippen LogP contribution in [0.4, 0.5) is 17.1 Å². The molecule has 0 amide bonds. The summed E-state index contributed by atoms with van der Waals surface area (Å²) in [6, 6.07) is 61.3. The Bertz CT molecular complexity index is 2400. The topological polar surface area (TPSA) is 21.7 Å². The summed E-state index contributed by atoms with van der Waals surface area (Å²) in [4.78, 5) is 2.23. The molecule has 0 aromatic heterocycles. The van der Waals surface area contributed by atoms with Crippen molar-refractivity contribution in [3.05, 3.63) is 176 Å². The second-order valence-electron chi connectivity index (χ2n) is 11.7. The van der Waals surface area contributed by atoms with Crippen LogP contribution < -0.4 is 14.4 Å². The smallest absolute Gasteiger partial charge is 0.193 e. The fourth-order valence-electron chi connectivity index (χ4n) is 6.75. The van der Waals surface area contributed by atoms with Crippen LogP contribution in [0.25, 0.3) is 43.8 Å². The number of nitrogens with zero attached hydrogens (tertiary/aromatic N) is 1. The van der Waals surface area contributed by atoms with Gasteiger partial charge in [-0.25, -0.2) is 0 Å². The highest BCUT2D eigenvalue weighted by Crippen LogP contribution is 2.52. The van der Waals surface area contributed by atoms with Crippen LogP contribution in [0.2, 0.25) is 0 Å². The summed E-state index contributed by atoms with van der Waals surface area (Å²) in [6.07, 6.45) is 0. The molecule has 0 saturated carbocycles. The van der Waals surface area contributed by atoms with E-state index >= 15 is 0 Å². The van der Waals surface area contributed by atoms with E-state index in [2.05, 4.69) is 138 Å². The predicted molar refractivity (Wildman–Crippen MR) is 194 cm³/mol. The van der Waals surface area contributed by atoms with E-state index in [1.807, 2.05) is 42.5 Å². The van der Waals surface area contributed by atoms with Gasteiger partial charge in [-0.05, 0) is 86.9 Å². The van der Waals surface area contributed by atoms with Crippen molar-refractivity contribution in [3.8, 4) is 45.3 Å². The molecule has 3 nitrogen and oxygen atoms in total. The zero-order valence-corrected chi connectivity index (χ0v) is 25.5. The highest BCUT2D eigenvalue weighted by Gasteiger charge is 2.25. The molecule has 47 heavy (non-hydrogen) atoms. The quantitative estimate of drug-likeness (QED) is 0.195. The normalized spacial score (nSPS) is 11.7. The van der Waals surface area contributed by atoms with E-state index in [4.69, 9.17) is 9.47 Å². The highest BCUT2D eigenvalue weighted by molar-refractivity contribution is 6.05. The summed E-state index contributed by atoms with van der Waals surface area (Å²) in [5.74, 6) is 2.91. The van der Waals surface area contributed by atoms with E-state index in [1.54, 1.807) is 0 Å². The fourth-order valence-corrected chi connectivity index (χ4v) is 6.75. The minimum atomic E-state index is 0.673. The molecule has 222 valence electrons. The average Bonchev–Trinajstić information content (AvgIpc) is 3.31. The van der Waals surface area contributed by atoms with E-state index < -0.39 is 0 Å². The molecular formula is C44H29NO2. The maximum atomic E-state index is 6.75. The number of benzene rings is 8. The van der Waals surface area contributed by atoms with E-state index in [9.17, 15) is 0 Å². The first-order valence-electron chi connectivity index (χ1n) is 15.9. The number of fused-ring (bicyclic) bond motifs is 2. The maximum Gasteiger partial charge on any atom is 0.193 e. The second kappa shape index (κ2) is 11.2. The number of ether oxygens (including phenoxy) is 2. The lowest BCUT2D eigenvalue weighted by atomic mass is 9.92. The average molecular weight is 604 g/mol. The van der Waals surface area contributed by atoms with Crippen LogP contribution in [0.3, 0.4) is 0 Å². The van der Waals surface area contributed by atoms with Crippen LogP contribution >= 0.6 is 0 Å². The van der Waals surface area contributed by atoms with Gasteiger partial charge in [-0.2, -0.15) is 0 Å². The van der Waals surface area contributed by atoms with Gasteiger partial charge in [0.2, 0.25) is 0 Å². The van der Waals surface area contributed by atoms with Crippen LogP contribution in [0, 0.1) is 0 Å². The molecule has 0 N–H and O–H groups in total. The van der Waals surface area contributed by atoms with Crippen molar-refractivity contribution in [1.29, 1.82) is 0 Å². The molecule has 0 fully saturated rings. The summed E-state index contributed by atoms with van der Waals surface area (Å²) in [5, 5.41) is 4.52. The molecule has 0 radical (unpaired) electrons. The first-order valence-corrected chi connectivity index (χ1v) is 15.9. The molecule has 1 aliphatic rings. The molecule has 0 spiro atoms. The van der Waals surface area contributed by atoms with Crippen molar-refractivity contribution in [2.75, 3.05) is 4.90 Å². The van der Waals surface area contributed by atoms with Gasteiger partial charge in [-0.1, -0.05) is 127 Å². The zero-order valence-electron chi connectivity index (χ0n) is 25.5. The summed E-state index contributed by atoms with van der Waals surface area (Å²) in [6.45, 7) is 0. The Balaban J connectivity index is 1.16. The SMILES string of the molecule is c1ccc(-c2ccc(-c3ccc(N(c4ccccc4)c4cccc5c4Oc4cccc6cccc(c46)O5)cc3)c3ccccc23)cc1. The third-order valence-corrected chi connectivity index (χ3v) is 8.92. The molecule has 1 heterocycles. The standard InChI is InChI=1S/C44H29NO2/c1-3-12-30(13-4-1)35-28-29-36(38-19-8-7-18-37(35)38)31-24-26-34(27-25-31)45(33-16-5-2-6-17-33)39-20-11-23-42-44(39)47-41-22-10-15-32-14-9-21-40(46-42)43(32)41/h1-29H. The highest BCUT2D eigenvalue weighted by atomic mass is 16.5. The summed E-state index contributed by atoms with van der Waals surface area (Å²) >= 11 is 0. The largest absolute Gasteiger partial charge is 0.453 e. The van der Waals surface area contributed by atoms with Crippen molar-refractivity contribution >= 4 is 38.6 Å². The first kappa shape index (κ1) is 27.0. The lowest BCUT2D eigenvalue weighted by Gasteiger charge is -2.28. The van der Waals surface area contributed by atoms with Crippen LogP contribution in [-0.2, 0) is 0 Å². The third kappa shape index (κ3) is 4.68. The van der Waals surface area contributed by atoms with Crippen LogP contribution in [0.1, 0.15) is 0 Å². The Kier molecular flexibility index (Phi) is 6.46.